The van der Waals surface area contributed by atoms with E-state index in [4.69, 9.17) is 4.74 Å². The van der Waals surface area contributed by atoms with Crippen LogP contribution < -0.4 is 4.74 Å². The molecule has 102 valence electrons. The minimum atomic E-state index is -0.273. The van der Waals surface area contributed by atoms with Gasteiger partial charge in [-0.1, -0.05) is 18.6 Å². The first kappa shape index (κ1) is 11.8. The van der Waals surface area contributed by atoms with E-state index in [-0.39, 0.29) is 6.10 Å². The molecule has 4 atom stereocenters. The lowest BCUT2D eigenvalue weighted by Gasteiger charge is -2.27. The smallest absolute Gasteiger partial charge is 0.119 e. The van der Waals surface area contributed by atoms with Crippen molar-refractivity contribution in [1.82, 2.24) is 0 Å². The maximum Gasteiger partial charge on any atom is 0.119 e. The second kappa shape index (κ2) is 4.52. The van der Waals surface area contributed by atoms with E-state index in [0.717, 1.165) is 23.1 Å². The number of hydrogen-bond acceptors (Lipinski definition) is 2. The van der Waals surface area contributed by atoms with Gasteiger partial charge >= 0.3 is 0 Å². The third-order valence-corrected chi connectivity index (χ3v) is 5.25. The summed E-state index contributed by atoms with van der Waals surface area (Å²) in [6.07, 6.45) is 7.85. The Kier molecular flexibility index (Phi) is 2.80. The van der Waals surface area contributed by atoms with Crippen molar-refractivity contribution in [3.05, 3.63) is 29.8 Å². The Morgan fingerprint density at radius 1 is 1.00 bits per heavy atom. The van der Waals surface area contributed by atoms with Crippen molar-refractivity contribution in [1.29, 1.82) is 0 Å². The molecule has 4 rings (SSSR count). The monoisotopic (exact) mass is 258 g/mol. The van der Waals surface area contributed by atoms with Crippen molar-refractivity contribution in [2.24, 2.45) is 17.8 Å². The Labute approximate surface area is 114 Å². The van der Waals surface area contributed by atoms with E-state index in [1.54, 1.807) is 0 Å². The molecule has 1 aromatic carbocycles. The zero-order valence-corrected chi connectivity index (χ0v) is 11.3. The largest absolute Gasteiger partial charge is 0.490 e. The quantitative estimate of drug-likeness (QED) is 0.892. The maximum atomic E-state index is 10.6. The van der Waals surface area contributed by atoms with Crippen LogP contribution in [0.1, 0.15) is 50.2 Å². The number of benzene rings is 1. The van der Waals surface area contributed by atoms with Crippen molar-refractivity contribution < 1.29 is 9.84 Å². The van der Waals surface area contributed by atoms with Crippen molar-refractivity contribution in [2.75, 3.05) is 0 Å². The van der Waals surface area contributed by atoms with E-state index < -0.39 is 0 Å². The van der Waals surface area contributed by atoms with Crippen LogP contribution in [0.4, 0.5) is 0 Å². The summed E-state index contributed by atoms with van der Waals surface area (Å²) in [5.74, 6) is 3.10. The van der Waals surface area contributed by atoms with Crippen LogP contribution in [0.5, 0.6) is 5.75 Å². The van der Waals surface area contributed by atoms with Crippen LogP contribution in [0.25, 0.3) is 0 Å². The van der Waals surface area contributed by atoms with Crippen molar-refractivity contribution in [3.63, 3.8) is 0 Å². The van der Waals surface area contributed by atoms with E-state index in [9.17, 15) is 5.11 Å². The average Bonchev–Trinajstić information content (AvgIpc) is 3.01. The van der Waals surface area contributed by atoms with Gasteiger partial charge in [-0.15, -0.1) is 0 Å². The second-order valence-corrected chi connectivity index (χ2v) is 6.67. The SMILES string of the molecule is OC(c1ccc(OC2CC2)cc1)C1CC2CCC1C2. The van der Waals surface area contributed by atoms with Crippen LogP contribution in [-0.4, -0.2) is 11.2 Å². The average molecular weight is 258 g/mol. The number of aliphatic hydroxyl groups excluding tert-OH is 1. The molecule has 0 heterocycles. The summed E-state index contributed by atoms with van der Waals surface area (Å²) in [6.45, 7) is 0. The highest BCUT2D eigenvalue weighted by Gasteiger charge is 2.42. The minimum absolute atomic E-state index is 0.273. The van der Waals surface area contributed by atoms with Gasteiger partial charge in [-0.25, -0.2) is 0 Å². The molecule has 3 saturated carbocycles. The lowest BCUT2D eigenvalue weighted by atomic mass is 9.82. The molecule has 2 bridgehead atoms. The molecule has 3 fully saturated rings. The molecule has 0 aliphatic heterocycles. The molecule has 3 aliphatic carbocycles. The molecule has 2 nitrogen and oxygen atoms in total. The molecule has 1 aromatic rings. The predicted molar refractivity (Wildman–Crippen MR) is 74.0 cm³/mol. The molecule has 2 heteroatoms. The molecular formula is C17H22O2. The van der Waals surface area contributed by atoms with Crippen molar-refractivity contribution in [3.8, 4) is 5.75 Å². The van der Waals surface area contributed by atoms with Gasteiger partial charge in [0.2, 0.25) is 0 Å². The summed E-state index contributed by atoms with van der Waals surface area (Å²) in [7, 11) is 0. The van der Waals surface area contributed by atoms with Crippen LogP contribution >= 0.6 is 0 Å². The fourth-order valence-corrected chi connectivity index (χ4v) is 4.05. The third-order valence-electron chi connectivity index (χ3n) is 5.25. The fourth-order valence-electron chi connectivity index (χ4n) is 4.05. The molecule has 0 saturated heterocycles. The molecule has 0 amide bonds. The number of hydrogen-bond donors (Lipinski definition) is 1. The topological polar surface area (TPSA) is 29.5 Å². The Balaban J connectivity index is 1.45. The van der Waals surface area contributed by atoms with Gasteiger partial charge < -0.3 is 9.84 Å². The molecule has 19 heavy (non-hydrogen) atoms. The molecule has 0 spiro atoms. The summed E-state index contributed by atoms with van der Waals surface area (Å²) >= 11 is 0. The third kappa shape index (κ3) is 2.27. The number of ether oxygens (including phenoxy) is 1. The van der Waals surface area contributed by atoms with Crippen LogP contribution in [0.2, 0.25) is 0 Å². The first-order chi connectivity index (χ1) is 9.29. The molecule has 0 radical (unpaired) electrons. The van der Waals surface area contributed by atoms with Crippen molar-refractivity contribution in [2.45, 2.75) is 50.7 Å². The lowest BCUT2D eigenvalue weighted by Crippen LogP contribution is -2.19. The van der Waals surface area contributed by atoms with E-state index in [1.165, 1.54) is 38.5 Å². The van der Waals surface area contributed by atoms with Crippen LogP contribution in [0.3, 0.4) is 0 Å². The van der Waals surface area contributed by atoms with Gasteiger partial charge in [0.05, 0.1) is 12.2 Å². The fraction of sp³-hybridized carbons (Fsp3) is 0.647. The minimum Gasteiger partial charge on any atom is -0.490 e. The molecule has 3 aliphatic rings. The normalized spacial score (nSPS) is 34.5. The predicted octanol–water partition coefficient (Wildman–Crippen LogP) is 3.70. The van der Waals surface area contributed by atoms with Crippen LogP contribution in [0, 0.1) is 17.8 Å². The van der Waals surface area contributed by atoms with Gasteiger partial charge in [0, 0.05) is 0 Å². The van der Waals surface area contributed by atoms with E-state index in [1.807, 2.05) is 24.3 Å². The molecule has 0 aromatic heterocycles. The Hall–Kier alpha value is -1.02. The van der Waals surface area contributed by atoms with Crippen LogP contribution in [-0.2, 0) is 0 Å². The van der Waals surface area contributed by atoms with Gasteiger partial charge in [0.15, 0.2) is 0 Å². The summed E-state index contributed by atoms with van der Waals surface area (Å²) in [5.41, 5.74) is 1.07. The van der Waals surface area contributed by atoms with E-state index >= 15 is 0 Å². The zero-order chi connectivity index (χ0) is 12.8. The highest BCUT2D eigenvalue weighted by molar-refractivity contribution is 5.29. The summed E-state index contributed by atoms with van der Waals surface area (Å²) < 4.78 is 5.75. The Morgan fingerprint density at radius 2 is 1.79 bits per heavy atom. The van der Waals surface area contributed by atoms with E-state index in [0.29, 0.717) is 12.0 Å². The van der Waals surface area contributed by atoms with Gasteiger partial charge in [0.1, 0.15) is 5.75 Å². The summed E-state index contributed by atoms with van der Waals surface area (Å²) in [4.78, 5) is 0. The van der Waals surface area contributed by atoms with Crippen molar-refractivity contribution >= 4 is 0 Å². The summed E-state index contributed by atoms with van der Waals surface area (Å²) in [6, 6.07) is 8.14. The van der Waals surface area contributed by atoms with Gasteiger partial charge in [-0.05, 0) is 67.6 Å². The first-order valence-electron chi connectivity index (χ1n) is 7.74. The lowest BCUT2D eigenvalue weighted by molar-refractivity contribution is 0.0744. The zero-order valence-electron chi connectivity index (χ0n) is 11.3. The first-order valence-corrected chi connectivity index (χ1v) is 7.74. The Morgan fingerprint density at radius 3 is 2.37 bits per heavy atom. The van der Waals surface area contributed by atoms with E-state index in [2.05, 4.69) is 0 Å². The van der Waals surface area contributed by atoms with Gasteiger partial charge in [0.25, 0.3) is 0 Å². The Bertz CT molecular complexity index is 449. The standard InChI is InChI=1S/C17H22O2/c18-17(16-10-11-1-2-13(16)9-11)12-3-5-14(6-4-12)19-15-7-8-15/h3-6,11,13,15-18H,1-2,7-10H2. The highest BCUT2D eigenvalue weighted by atomic mass is 16.5. The summed E-state index contributed by atoms with van der Waals surface area (Å²) in [5, 5.41) is 10.6. The molecule has 1 N–H and O–H groups in total. The molecular weight excluding hydrogens is 236 g/mol. The van der Waals surface area contributed by atoms with Crippen LogP contribution in [0.15, 0.2) is 24.3 Å². The number of rotatable bonds is 4. The maximum absolute atomic E-state index is 10.6. The van der Waals surface area contributed by atoms with Gasteiger partial charge in [-0.2, -0.15) is 0 Å². The number of aliphatic hydroxyl groups is 1. The second-order valence-electron chi connectivity index (χ2n) is 6.67. The van der Waals surface area contributed by atoms with Gasteiger partial charge in [-0.3, -0.25) is 0 Å². The number of fused-ring (bicyclic) bond motifs is 2. The molecule has 4 unspecified atom stereocenters. The highest BCUT2D eigenvalue weighted by Crippen LogP contribution is 2.52.